The first kappa shape index (κ1) is 28.3. The van der Waals surface area contributed by atoms with Gasteiger partial charge in [0.05, 0.1) is 6.10 Å². The molecule has 0 spiro atoms. The van der Waals surface area contributed by atoms with Crippen LogP contribution in [0.25, 0.3) is 0 Å². The molecule has 0 aliphatic heterocycles. The molecule has 1 nitrogen and oxygen atoms in total. The van der Waals surface area contributed by atoms with E-state index >= 15 is 0 Å². The lowest BCUT2D eigenvalue weighted by atomic mass is 9.47. The molecule has 0 bridgehead atoms. The van der Waals surface area contributed by atoms with E-state index in [0.717, 1.165) is 61.2 Å². The molecule has 5 rings (SSSR count). The van der Waals surface area contributed by atoms with Gasteiger partial charge in [0.2, 0.25) is 0 Å². The Morgan fingerprint density at radius 3 is 2.31 bits per heavy atom. The van der Waals surface area contributed by atoms with Gasteiger partial charge in [-0.15, -0.1) is 11.8 Å². The number of aliphatic hydroxyl groups is 1. The summed E-state index contributed by atoms with van der Waals surface area (Å²) in [5, 5.41) is 10.2. The molecule has 204 valence electrons. The average molecular weight is 495 g/mol. The van der Waals surface area contributed by atoms with E-state index in [9.17, 15) is 5.11 Å². The third-order valence-electron chi connectivity index (χ3n) is 11.8. The molecule has 5 aliphatic carbocycles. The van der Waals surface area contributed by atoms with Gasteiger partial charge >= 0.3 is 0 Å². The molecule has 0 saturated heterocycles. The minimum absolute atomic E-state index is 0.0766. The Labute approximate surface area is 224 Å². The SMILES string of the molecule is C1#CCCCCCC1.CC(C)CCCC(C)[C@H]1CC[C@H]2[C@@H]3CC=C4C[C@@H](O)CC[C@]4(C)[C@H]3CC[C@]12C. The van der Waals surface area contributed by atoms with Gasteiger partial charge in [0.15, 0.2) is 0 Å². The molecule has 1 heteroatoms. The first-order valence-electron chi connectivity index (χ1n) is 16.1. The first-order chi connectivity index (χ1) is 17.3. The van der Waals surface area contributed by atoms with Crippen molar-refractivity contribution in [3.8, 4) is 11.8 Å². The predicted molar refractivity (Wildman–Crippen MR) is 155 cm³/mol. The van der Waals surface area contributed by atoms with Crippen LogP contribution in [0.3, 0.4) is 0 Å². The summed E-state index contributed by atoms with van der Waals surface area (Å²) < 4.78 is 0. The lowest BCUT2D eigenvalue weighted by Crippen LogP contribution is -2.50. The number of hydrogen-bond donors (Lipinski definition) is 1. The number of aliphatic hydroxyl groups excluding tert-OH is 1. The van der Waals surface area contributed by atoms with Gasteiger partial charge in [0.1, 0.15) is 0 Å². The molecule has 0 radical (unpaired) electrons. The summed E-state index contributed by atoms with van der Waals surface area (Å²) in [5.74, 6) is 11.7. The van der Waals surface area contributed by atoms with Crippen molar-refractivity contribution in [1.82, 2.24) is 0 Å². The van der Waals surface area contributed by atoms with E-state index in [1.54, 1.807) is 5.57 Å². The number of hydrogen-bond acceptors (Lipinski definition) is 1. The number of fused-ring (bicyclic) bond motifs is 5. The fraction of sp³-hybridized carbons (Fsp3) is 0.886. The molecule has 3 saturated carbocycles. The summed E-state index contributed by atoms with van der Waals surface area (Å²) >= 11 is 0. The van der Waals surface area contributed by atoms with E-state index in [-0.39, 0.29) is 6.10 Å². The van der Waals surface area contributed by atoms with Crippen LogP contribution in [0.4, 0.5) is 0 Å². The zero-order valence-electron chi connectivity index (χ0n) is 24.6. The second kappa shape index (κ2) is 12.4. The minimum Gasteiger partial charge on any atom is -0.393 e. The van der Waals surface area contributed by atoms with Crippen molar-refractivity contribution in [3.05, 3.63) is 11.6 Å². The smallest absolute Gasteiger partial charge is 0.0577 e. The molecule has 0 heterocycles. The second-order valence-corrected chi connectivity index (χ2v) is 14.5. The maximum Gasteiger partial charge on any atom is 0.0577 e. The van der Waals surface area contributed by atoms with Crippen LogP contribution in [0.2, 0.25) is 0 Å². The molecule has 8 atom stereocenters. The van der Waals surface area contributed by atoms with Gasteiger partial charge in [0, 0.05) is 12.8 Å². The molecule has 0 aromatic carbocycles. The highest BCUT2D eigenvalue weighted by molar-refractivity contribution is 5.25. The van der Waals surface area contributed by atoms with E-state index in [2.05, 4.69) is 52.5 Å². The van der Waals surface area contributed by atoms with Gasteiger partial charge in [-0.3, -0.25) is 0 Å². The van der Waals surface area contributed by atoms with Crippen LogP contribution in [-0.2, 0) is 0 Å². The van der Waals surface area contributed by atoms with Crippen molar-refractivity contribution in [1.29, 1.82) is 0 Å². The van der Waals surface area contributed by atoms with Crippen LogP contribution in [0.1, 0.15) is 144 Å². The van der Waals surface area contributed by atoms with Gasteiger partial charge in [-0.05, 0) is 111 Å². The molecule has 1 N–H and O–H groups in total. The van der Waals surface area contributed by atoms with Gasteiger partial charge < -0.3 is 5.11 Å². The molecule has 5 aliphatic rings. The topological polar surface area (TPSA) is 20.2 Å². The fourth-order valence-electron chi connectivity index (χ4n) is 9.62. The Bertz CT molecular complexity index is 785. The van der Waals surface area contributed by atoms with Crippen LogP contribution in [-0.4, -0.2) is 11.2 Å². The molecule has 0 amide bonds. The van der Waals surface area contributed by atoms with Crippen molar-refractivity contribution in [2.45, 2.75) is 150 Å². The molecule has 0 aromatic rings. The van der Waals surface area contributed by atoms with Crippen molar-refractivity contribution in [3.63, 3.8) is 0 Å². The monoisotopic (exact) mass is 494 g/mol. The highest BCUT2D eigenvalue weighted by atomic mass is 16.3. The van der Waals surface area contributed by atoms with Crippen LogP contribution in [0.5, 0.6) is 0 Å². The normalized spacial score (nSPS) is 40.6. The summed E-state index contributed by atoms with van der Waals surface area (Å²) in [6.45, 7) is 12.6. The Morgan fingerprint density at radius 1 is 0.889 bits per heavy atom. The molecule has 0 aromatic heterocycles. The first-order valence-corrected chi connectivity index (χ1v) is 16.1. The summed E-state index contributed by atoms with van der Waals surface area (Å²) in [7, 11) is 0. The van der Waals surface area contributed by atoms with Gasteiger partial charge in [0.25, 0.3) is 0 Å². The zero-order chi connectivity index (χ0) is 25.8. The standard InChI is InChI=1S/C27H46O.C8H12/c1-18(2)7-6-8-19(3)23-11-12-24-22-10-9-20-17-21(28)13-15-26(20,4)25(22)14-16-27(23,24)5;1-2-4-6-8-7-5-3-1/h9,18-19,21-25,28H,6-8,10-17H2,1-5H3;1-6H2/t19?,21-,22-,23+,24-,25-,26-,27+;/m0./s1. The zero-order valence-corrected chi connectivity index (χ0v) is 24.6. The van der Waals surface area contributed by atoms with E-state index in [1.807, 2.05) is 0 Å². The fourth-order valence-corrected chi connectivity index (χ4v) is 9.62. The molecular weight excluding hydrogens is 436 g/mol. The third kappa shape index (κ3) is 6.11. The Balaban J connectivity index is 0.000000325. The van der Waals surface area contributed by atoms with Crippen molar-refractivity contribution < 1.29 is 5.11 Å². The van der Waals surface area contributed by atoms with Crippen molar-refractivity contribution in [2.24, 2.45) is 46.3 Å². The quantitative estimate of drug-likeness (QED) is 0.298. The van der Waals surface area contributed by atoms with E-state index in [4.69, 9.17) is 0 Å². The Morgan fingerprint density at radius 2 is 1.61 bits per heavy atom. The summed E-state index contributed by atoms with van der Waals surface area (Å²) in [4.78, 5) is 0. The maximum absolute atomic E-state index is 10.2. The minimum atomic E-state index is -0.0766. The molecule has 36 heavy (non-hydrogen) atoms. The van der Waals surface area contributed by atoms with E-state index in [1.165, 1.54) is 83.5 Å². The number of allylic oxidation sites excluding steroid dienone is 1. The number of rotatable bonds is 5. The van der Waals surface area contributed by atoms with E-state index < -0.39 is 0 Å². The molecule has 3 fully saturated rings. The lowest BCUT2D eigenvalue weighted by Gasteiger charge is -2.58. The summed E-state index contributed by atoms with van der Waals surface area (Å²) in [6.07, 6.45) is 24.9. The van der Waals surface area contributed by atoms with Crippen molar-refractivity contribution >= 4 is 0 Å². The van der Waals surface area contributed by atoms with Crippen LogP contribution < -0.4 is 0 Å². The highest BCUT2D eigenvalue weighted by Gasteiger charge is 2.59. The van der Waals surface area contributed by atoms with Gasteiger partial charge in [-0.25, -0.2) is 0 Å². The summed E-state index contributed by atoms with van der Waals surface area (Å²) in [6, 6.07) is 0. The Kier molecular flexibility index (Phi) is 9.75. The van der Waals surface area contributed by atoms with Gasteiger partial charge in [-0.2, -0.15) is 0 Å². The highest BCUT2D eigenvalue weighted by Crippen LogP contribution is 2.67. The Hall–Kier alpha value is -0.740. The van der Waals surface area contributed by atoms with Crippen LogP contribution in [0.15, 0.2) is 11.6 Å². The van der Waals surface area contributed by atoms with E-state index in [0.29, 0.717) is 10.8 Å². The van der Waals surface area contributed by atoms with Gasteiger partial charge in [-0.1, -0.05) is 78.4 Å². The largest absolute Gasteiger partial charge is 0.393 e. The van der Waals surface area contributed by atoms with Crippen LogP contribution in [0, 0.1) is 58.2 Å². The molecule has 1 unspecified atom stereocenters. The molecular formula is C35H58O. The predicted octanol–water partition coefficient (Wildman–Crippen LogP) is 9.73. The second-order valence-electron chi connectivity index (χ2n) is 14.5. The lowest BCUT2D eigenvalue weighted by molar-refractivity contribution is -0.0573. The van der Waals surface area contributed by atoms with Crippen molar-refractivity contribution in [2.75, 3.05) is 0 Å². The third-order valence-corrected chi connectivity index (χ3v) is 11.8. The summed E-state index contributed by atoms with van der Waals surface area (Å²) in [5.41, 5.74) is 2.60. The average Bonchev–Trinajstić information content (AvgIpc) is 3.16. The maximum atomic E-state index is 10.2. The van der Waals surface area contributed by atoms with Crippen LogP contribution >= 0.6 is 0 Å².